The summed E-state index contributed by atoms with van der Waals surface area (Å²) in [6, 6.07) is 5.69. The van der Waals surface area contributed by atoms with Crippen LogP contribution in [0.2, 0.25) is 0 Å². The first-order valence-corrected chi connectivity index (χ1v) is 5.61. The molecule has 0 fully saturated rings. The molecule has 1 aromatic carbocycles. The summed E-state index contributed by atoms with van der Waals surface area (Å²) in [5.74, 6) is 0.487. The van der Waals surface area contributed by atoms with E-state index in [1.807, 2.05) is 25.1 Å². The molecule has 0 bridgehead atoms. The number of aromatic amines is 1. The largest absolute Gasteiger partial charge is 0.387 e. The van der Waals surface area contributed by atoms with Gasteiger partial charge in [0.2, 0.25) is 0 Å². The lowest BCUT2D eigenvalue weighted by atomic mass is 10.1. The molecule has 0 radical (unpaired) electrons. The summed E-state index contributed by atoms with van der Waals surface area (Å²) in [5, 5.41) is 12.2. The van der Waals surface area contributed by atoms with Crippen LogP contribution in [-0.4, -0.2) is 28.1 Å². The van der Waals surface area contributed by atoms with E-state index in [-0.39, 0.29) is 5.91 Å². The molecule has 2 rings (SSSR count). The number of hydrogen-bond donors (Lipinski definition) is 3. The lowest BCUT2D eigenvalue weighted by Crippen LogP contribution is -2.24. The van der Waals surface area contributed by atoms with Crippen LogP contribution in [-0.2, 0) is 6.54 Å². The van der Waals surface area contributed by atoms with Crippen molar-refractivity contribution >= 4 is 11.6 Å². The molecule has 6 nitrogen and oxygen atoms in total. The van der Waals surface area contributed by atoms with Crippen LogP contribution >= 0.6 is 0 Å². The number of H-pyrrole nitrogens is 1. The minimum absolute atomic E-state index is 0.139. The second-order valence-corrected chi connectivity index (χ2v) is 3.91. The Balaban J connectivity index is 2.10. The first-order valence-electron chi connectivity index (χ1n) is 5.61. The van der Waals surface area contributed by atoms with Gasteiger partial charge in [-0.05, 0) is 19.1 Å². The number of anilines is 1. The van der Waals surface area contributed by atoms with E-state index >= 15 is 0 Å². The number of rotatable bonds is 4. The lowest BCUT2D eigenvalue weighted by Gasteiger charge is -2.10. The van der Waals surface area contributed by atoms with Crippen LogP contribution < -0.4 is 10.6 Å². The molecule has 18 heavy (non-hydrogen) atoms. The molecule has 2 aromatic rings. The fourth-order valence-corrected chi connectivity index (χ4v) is 1.64. The van der Waals surface area contributed by atoms with Crippen LogP contribution in [0.1, 0.15) is 21.7 Å². The average molecular weight is 245 g/mol. The van der Waals surface area contributed by atoms with Gasteiger partial charge in [-0.15, -0.1) is 0 Å². The molecule has 0 aliphatic rings. The highest BCUT2D eigenvalue weighted by molar-refractivity contribution is 5.99. The van der Waals surface area contributed by atoms with E-state index in [0.717, 1.165) is 11.3 Å². The predicted octanol–water partition coefficient (Wildman–Crippen LogP) is 1.08. The summed E-state index contributed by atoms with van der Waals surface area (Å²) in [6.45, 7) is 2.28. The first-order chi connectivity index (χ1) is 8.70. The van der Waals surface area contributed by atoms with Crippen molar-refractivity contribution < 1.29 is 4.79 Å². The van der Waals surface area contributed by atoms with Crippen LogP contribution in [0, 0.1) is 6.92 Å². The SMILES string of the molecule is CNc1ccc(C)cc1C(=O)NCc1ncn[nH]1. The minimum atomic E-state index is -0.139. The lowest BCUT2D eigenvalue weighted by molar-refractivity contribution is 0.0950. The molecule has 94 valence electrons. The number of carbonyl (C=O) groups excluding carboxylic acids is 1. The molecule has 3 N–H and O–H groups in total. The Labute approximate surface area is 105 Å². The smallest absolute Gasteiger partial charge is 0.253 e. The molecule has 0 saturated heterocycles. The van der Waals surface area contributed by atoms with Crippen molar-refractivity contribution in [1.82, 2.24) is 20.5 Å². The number of nitrogens with one attached hydrogen (secondary N) is 3. The maximum absolute atomic E-state index is 12.1. The number of hydrogen-bond acceptors (Lipinski definition) is 4. The minimum Gasteiger partial charge on any atom is -0.387 e. The second-order valence-electron chi connectivity index (χ2n) is 3.91. The summed E-state index contributed by atoms with van der Waals surface area (Å²) in [7, 11) is 1.79. The van der Waals surface area contributed by atoms with Gasteiger partial charge in [0.05, 0.1) is 12.1 Å². The fraction of sp³-hybridized carbons (Fsp3) is 0.250. The normalized spacial score (nSPS) is 10.1. The van der Waals surface area contributed by atoms with E-state index in [9.17, 15) is 4.79 Å². The zero-order chi connectivity index (χ0) is 13.0. The highest BCUT2D eigenvalue weighted by atomic mass is 16.1. The maximum Gasteiger partial charge on any atom is 0.253 e. The van der Waals surface area contributed by atoms with Crippen molar-refractivity contribution in [2.45, 2.75) is 13.5 Å². The maximum atomic E-state index is 12.1. The Morgan fingerprint density at radius 1 is 1.44 bits per heavy atom. The molecular weight excluding hydrogens is 230 g/mol. The van der Waals surface area contributed by atoms with E-state index in [0.29, 0.717) is 17.9 Å². The Morgan fingerprint density at radius 2 is 2.28 bits per heavy atom. The fourth-order valence-electron chi connectivity index (χ4n) is 1.64. The summed E-state index contributed by atoms with van der Waals surface area (Å²) in [6.07, 6.45) is 1.41. The van der Waals surface area contributed by atoms with Gasteiger partial charge in [-0.3, -0.25) is 9.89 Å². The Bertz CT molecular complexity index is 535. The number of nitrogens with zero attached hydrogens (tertiary/aromatic N) is 2. The zero-order valence-electron chi connectivity index (χ0n) is 10.3. The number of aromatic nitrogens is 3. The standard InChI is InChI=1S/C12H15N5O/c1-8-3-4-10(13-2)9(5-8)12(18)14-6-11-15-7-16-17-11/h3-5,7,13H,6H2,1-2H3,(H,14,18)(H,15,16,17). The van der Waals surface area contributed by atoms with E-state index in [4.69, 9.17) is 0 Å². The van der Waals surface area contributed by atoms with Gasteiger partial charge in [0.1, 0.15) is 12.2 Å². The molecule has 0 unspecified atom stereocenters. The third kappa shape index (κ3) is 2.65. The molecule has 1 amide bonds. The van der Waals surface area contributed by atoms with Crippen molar-refractivity contribution in [3.05, 3.63) is 41.5 Å². The molecule has 1 aromatic heterocycles. The third-order valence-electron chi connectivity index (χ3n) is 2.57. The Morgan fingerprint density at radius 3 is 2.94 bits per heavy atom. The van der Waals surface area contributed by atoms with Gasteiger partial charge in [-0.1, -0.05) is 11.6 Å². The average Bonchev–Trinajstić information content (AvgIpc) is 2.89. The highest BCUT2D eigenvalue weighted by Gasteiger charge is 2.11. The highest BCUT2D eigenvalue weighted by Crippen LogP contribution is 2.16. The molecular formula is C12H15N5O. The van der Waals surface area contributed by atoms with Gasteiger partial charge in [0.25, 0.3) is 5.91 Å². The van der Waals surface area contributed by atoms with Gasteiger partial charge in [-0.2, -0.15) is 5.10 Å². The molecule has 0 saturated carbocycles. The summed E-state index contributed by atoms with van der Waals surface area (Å²) >= 11 is 0. The van der Waals surface area contributed by atoms with Crippen molar-refractivity contribution in [2.24, 2.45) is 0 Å². The van der Waals surface area contributed by atoms with E-state index in [2.05, 4.69) is 25.8 Å². The molecule has 0 atom stereocenters. The van der Waals surface area contributed by atoms with Crippen molar-refractivity contribution in [2.75, 3.05) is 12.4 Å². The van der Waals surface area contributed by atoms with Crippen LogP contribution in [0.5, 0.6) is 0 Å². The van der Waals surface area contributed by atoms with Crippen molar-refractivity contribution in [3.63, 3.8) is 0 Å². The van der Waals surface area contributed by atoms with E-state index in [1.54, 1.807) is 7.05 Å². The Kier molecular flexibility index (Phi) is 3.57. The number of carbonyl (C=O) groups is 1. The van der Waals surface area contributed by atoms with Crippen molar-refractivity contribution in [3.8, 4) is 0 Å². The number of amides is 1. The number of benzene rings is 1. The molecule has 0 aliphatic heterocycles. The van der Waals surface area contributed by atoms with Crippen LogP contribution in [0.15, 0.2) is 24.5 Å². The van der Waals surface area contributed by atoms with Crippen LogP contribution in [0.4, 0.5) is 5.69 Å². The zero-order valence-corrected chi connectivity index (χ0v) is 10.3. The predicted molar refractivity (Wildman–Crippen MR) is 68.3 cm³/mol. The topological polar surface area (TPSA) is 82.7 Å². The van der Waals surface area contributed by atoms with E-state index in [1.165, 1.54) is 6.33 Å². The van der Waals surface area contributed by atoms with Gasteiger partial charge in [0.15, 0.2) is 0 Å². The second kappa shape index (κ2) is 5.31. The van der Waals surface area contributed by atoms with Gasteiger partial charge in [0, 0.05) is 12.7 Å². The third-order valence-corrected chi connectivity index (χ3v) is 2.57. The van der Waals surface area contributed by atoms with E-state index < -0.39 is 0 Å². The molecule has 1 heterocycles. The van der Waals surface area contributed by atoms with Gasteiger partial charge in [-0.25, -0.2) is 4.98 Å². The molecule has 0 spiro atoms. The van der Waals surface area contributed by atoms with Gasteiger partial charge >= 0.3 is 0 Å². The van der Waals surface area contributed by atoms with Crippen LogP contribution in [0.25, 0.3) is 0 Å². The first kappa shape index (κ1) is 12.1. The molecule has 0 aliphatic carbocycles. The number of aryl methyl sites for hydroxylation is 1. The van der Waals surface area contributed by atoms with Crippen molar-refractivity contribution in [1.29, 1.82) is 0 Å². The molecule has 6 heteroatoms. The quantitative estimate of drug-likeness (QED) is 0.753. The van der Waals surface area contributed by atoms with Crippen LogP contribution in [0.3, 0.4) is 0 Å². The summed E-state index contributed by atoms with van der Waals surface area (Å²) in [5.41, 5.74) is 2.46. The summed E-state index contributed by atoms with van der Waals surface area (Å²) < 4.78 is 0. The Hall–Kier alpha value is -2.37. The van der Waals surface area contributed by atoms with Gasteiger partial charge < -0.3 is 10.6 Å². The monoisotopic (exact) mass is 245 g/mol. The summed E-state index contributed by atoms with van der Waals surface area (Å²) in [4.78, 5) is 16.0.